The van der Waals surface area contributed by atoms with E-state index in [0.29, 0.717) is 38.0 Å². The van der Waals surface area contributed by atoms with Crippen molar-refractivity contribution in [2.45, 2.75) is 6.42 Å². The van der Waals surface area contributed by atoms with Crippen LogP contribution in [0.2, 0.25) is 0 Å². The maximum atomic E-state index is 8.67. The van der Waals surface area contributed by atoms with Crippen molar-refractivity contribution in [2.75, 3.05) is 42.6 Å². The van der Waals surface area contributed by atoms with Crippen molar-refractivity contribution in [2.24, 2.45) is 5.11 Å². The van der Waals surface area contributed by atoms with Crippen LogP contribution in [-0.4, -0.2) is 46.3 Å². The highest BCUT2D eigenvalue weighted by Crippen LogP contribution is 2.06. The monoisotopic (exact) mass is 253 g/mol. The van der Waals surface area contributed by atoms with Crippen molar-refractivity contribution < 1.29 is 5.11 Å². The van der Waals surface area contributed by atoms with Gasteiger partial charge in [0, 0.05) is 24.5 Å². The van der Waals surface area contributed by atoms with Gasteiger partial charge in [-0.3, -0.25) is 0 Å². The van der Waals surface area contributed by atoms with Gasteiger partial charge in [-0.1, -0.05) is 5.11 Å². The molecular weight excluding hydrogens is 238 g/mol. The summed E-state index contributed by atoms with van der Waals surface area (Å²) in [5, 5.41) is 17.8. The van der Waals surface area contributed by atoms with Crippen LogP contribution in [-0.2, 0) is 0 Å². The van der Waals surface area contributed by atoms with Crippen LogP contribution in [0.4, 0.5) is 17.8 Å². The van der Waals surface area contributed by atoms with Gasteiger partial charge in [0.05, 0.1) is 6.61 Å². The lowest BCUT2D eigenvalue weighted by Gasteiger charge is -2.07. The summed E-state index contributed by atoms with van der Waals surface area (Å²) in [6.07, 6.45) is 0.662. The van der Waals surface area contributed by atoms with Gasteiger partial charge in [0.25, 0.3) is 0 Å². The number of aromatic nitrogens is 3. The maximum Gasteiger partial charge on any atom is 0.229 e. The first-order chi connectivity index (χ1) is 8.76. The first-order valence-corrected chi connectivity index (χ1v) is 5.37. The molecule has 0 aromatic carbocycles. The Labute approximate surface area is 103 Å². The molecule has 1 rings (SSSR count). The summed E-state index contributed by atoms with van der Waals surface area (Å²) in [4.78, 5) is 14.4. The van der Waals surface area contributed by atoms with E-state index < -0.39 is 0 Å². The largest absolute Gasteiger partial charge is 0.395 e. The topological polar surface area (TPSA) is 158 Å². The summed E-state index contributed by atoms with van der Waals surface area (Å²) >= 11 is 0. The van der Waals surface area contributed by atoms with Gasteiger partial charge >= 0.3 is 0 Å². The van der Waals surface area contributed by atoms with E-state index in [9.17, 15) is 0 Å². The lowest BCUT2D eigenvalue weighted by atomic mass is 10.4. The molecule has 0 radical (unpaired) electrons. The Kier molecular flexibility index (Phi) is 6.01. The van der Waals surface area contributed by atoms with Crippen molar-refractivity contribution in [3.8, 4) is 0 Å². The molecule has 0 saturated heterocycles. The van der Waals surface area contributed by atoms with Gasteiger partial charge in [0.15, 0.2) is 0 Å². The Balaban J connectivity index is 2.48. The SMILES string of the molecule is [N-]=[N+]=NCCCNc1nc(N)nc(NCCO)n1. The van der Waals surface area contributed by atoms with E-state index in [4.69, 9.17) is 16.4 Å². The van der Waals surface area contributed by atoms with Gasteiger partial charge in [-0.25, -0.2) is 0 Å². The maximum absolute atomic E-state index is 8.67. The summed E-state index contributed by atoms with van der Waals surface area (Å²) < 4.78 is 0. The molecule has 10 heteroatoms. The molecule has 0 saturated carbocycles. The third-order valence-corrected chi connectivity index (χ3v) is 1.83. The summed E-state index contributed by atoms with van der Waals surface area (Å²) in [7, 11) is 0. The summed E-state index contributed by atoms with van der Waals surface area (Å²) in [5.41, 5.74) is 13.6. The van der Waals surface area contributed by atoms with E-state index in [0.717, 1.165) is 0 Å². The molecule has 0 aliphatic rings. The fourth-order valence-corrected chi connectivity index (χ4v) is 1.11. The number of nitrogens with two attached hydrogens (primary N) is 1. The fourth-order valence-electron chi connectivity index (χ4n) is 1.11. The van der Waals surface area contributed by atoms with E-state index >= 15 is 0 Å². The molecule has 1 aromatic rings. The van der Waals surface area contributed by atoms with Crippen molar-refractivity contribution in [3.63, 3.8) is 0 Å². The van der Waals surface area contributed by atoms with Gasteiger partial charge in [-0.2, -0.15) is 15.0 Å². The standard InChI is InChI=1S/C8H15N9O/c9-6-14-7(11-2-1-3-13-17-10)16-8(15-6)12-4-5-18/h18H,1-5H2,(H4,9,11,12,14,15,16). The number of hydrogen-bond acceptors (Lipinski definition) is 8. The molecule has 0 bridgehead atoms. The van der Waals surface area contributed by atoms with Gasteiger partial charge in [0.2, 0.25) is 17.8 Å². The molecule has 0 spiro atoms. The molecule has 0 amide bonds. The smallest absolute Gasteiger partial charge is 0.229 e. The van der Waals surface area contributed by atoms with Crippen LogP contribution >= 0.6 is 0 Å². The van der Waals surface area contributed by atoms with Crippen LogP contribution in [0.5, 0.6) is 0 Å². The molecule has 0 aliphatic carbocycles. The quantitative estimate of drug-likeness (QED) is 0.219. The van der Waals surface area contributed by atoms with Crippen molar-refractivity contribution in [3.05, 3.63) is 10.4 Å². The van der Waals surface area contributed by atoms with Crippen LogP contribution < -0.4 is 16.4 Å². The Morgan fingerprint density at radius 1 is 1.22 bits per heavy atom. The molecule has 1 heterocycles. The minimum Gasteiger partial charge on any atom is -0.395 e. The predicted octanol–water partition coefficient (Wildman–Crippen LogP) is -0.0297. The van der Waals surface area contributed by atoms with Gasteiger partial charge in [-0.05, 0) is 12.0 Å². The Morgan fingerprint density at radius 3 is 2.50 bits per heavy atom. The Bertz CT molecular complexity index is 417. The second-order valence-electron chi connectivity index (χ2n) is 3.23. The second-order valence-corrected chi connectivity index (χ2v) is 3.23. The summed E-state index contributed by atoms with van der Waals surface area (Å²) in [5.74, 6) is 0.723. The van der Waals surface area contributed by atoms with E-state index in [1.807, 2.05) is 0 Å². The zero-order valence-electron chi connectivity index (χ0n) is 9.74. The van der Waals surface area contributed by atoms with Gasteiger partial charge in [-0.15, -0.1) is 0 Å². The van der Waals surface area contributed by atoms with Crippen LogP contribution in [0.1, 0.15) is 6.42 Å². The number of nitrogen functional groups attached to an aromatic ring is 1. The first-order valence-electron chi connectivity index (χ1n) is 5.37. The van der Waals surface area contributed by atoms with Crippen LogP contribution in [0.15, 0.2) is 5.11 Å². The molecule has 5 N–H and O–H groups in total. The molecule has 10 nitrogen and oxygen atoms in total. The van der Waals surface area contributed by atoms with Gasteiger partial charge in [0.1, 0.15) is 0 Å². The summed E-state index contributed by atoms with van der Waals surface area (Å²) in [6.45, 7) is 1.27. The number of nitrogens with zero attached hydrogens (tertiary/aromatic N) is 6. The lowest BCUT2D eigenvalue weighted by Crippen LogP contribution is -2.14. The van der Waals surface area contributed by atoms with E-state index in [1.54, 1.807) is 0 Å². The van der Waals surface area contributed by atoms with Crippen molar-refractivity contribution in [1.29, 1.82) is 0 Å². The minimum absolute atomic E-state index is 0.0273. The molecule has 98 valence electrons. The summed E-state index contributed by atoms with van der Waals surface area (Å²) in [6, 6.07) is 0. The number of nitrogens with one attached hydrogen (secondary N) is 2. The number of azide groups is 1. The van der Waals surface area contributed by atoms with Gasteiger partial charge < -0.3 is 21.5 Å². The molecule has 0 fully saturated rings. The van der Waals surface area contributed by atoms with Crippen LogP contribution in [0, 0.1) is 0 Å². The zero-order valence-corrected chi connectivity index (χ0v) is 9.74. The number of aliphatic hydroxyl groups excluding tert-OH is 1. The Morgan fingerprint density at radius 2 is 1.89 bits per heavy atom. The molecule has 0 aliphatic heterocycles. The van der Waals surface area contributed by atoms with E-state index in [1.165, 1.54) is 0 Å². The zero-order chi connectivity index (χ0) is 13.2. The highest BCUT2D eigenvalue weighted by Gasteiger charge is 2.02. The second kappa shape index (κ2) is 7.87. The van der Waals surface area contributed by atoms with Crippen molar-refractivity contribution >= 4 is 17.8 Å². The highest BCUT2D eigenvalue weighted by molar-refractivity contribution is 5.39. The minimum atomic E-state index is -0.0273. The molecule has 0 unspecified atom stereocenters. The normalized spacial score (nSPS) is 9.61. The number of anilines is 3. The fraction of sp³-hybridized carbons (Fsp3) is 0.625. The molecule has 1 aromatic heterocycles. The average Bonchev–Trinajstić information content (AvgIpc) is 2.35. The molecular formula is C8H15N9O. The van der Waals surface area contributed by atoms with Crippen LogP contribution in [0.3, 0.4) is 0 Å². The predicted molar refractivity (Wildman–Crippen MR) is 66.9 cm³/mol. The van der Waals surface area contributed by atoms with E-state index in [2.05, 4.69) is 35.6 Å². The highest BCUT2D eigenvalue weighted by atomic mass is 16.3. The number of rotatable bonds is 8. The molecule has 0 atom stereocenters. The molecule has 18 heavy (non-hydrogen) atoms. The third-order valence-electron chi connectivity index (χ3n) is 1.83. The lowest BCUT2D eigenvalue weighted by molar-refractivity contribution is 0.311. The van der Waals surface area contributed by atoms with Crippen molar-refractivity contribution in [1.82, 2.24) is 15.0 Å². The third kappa shape index (κ3) is 5.14. The number of hydrogen-bond donors (Lipinski definition) is 4. The number of aliphatic hydroxyl groups is 1. The Hall–Kier alpha value is -2.32. The van der Waals surface area contributed by atoms with E-state index in [-0.39, 0.29) is 12.6 Å². The van der Waals surface area contributed by atoms with Crippen LogP contribution in [0.25, 0.3) is 10.4 Å². The average molecular weight is 253 g/mol. The first kappa shape index (κ1) is 13.7.